The number of amides is 2. The van der Waals surface area contributed by atoms with Gasteiger partial charge in [-0.05, 0) is 6.42 Å². The minimum Gasteiger partial charge on any atom is -0.383 e. The molecular formula is C16H20N4O3. The van der Waals surface area contributed by atoms with Gasteiger partial charge in [-0.3, -0.25) is 0 Å². The summed E-state index contributed by atoms with van der Waals surface area (Å²) in [6, 6.07) is 9.63. The molecule has 1 aliphatic heterocycles. The SMILES string of the molecule is COCCNC(=O)N1CC[C@H](c2nc(-c3ccccc3)no2)C1. The Morgan fingerprint density at radius 1 is 1.43 bits per heavy atom. The summed E-state index contributed by atoms with van der Waals surface area (Å²) in [5.41, 5.74) is 0.926. The van der Waals surface area contributed by atoms with Gasteiger partial charge in [0.05, 0.1) is 12.5 Å². The summed E-state index contributed by atoms with van der Waals surface area (Å²) < 4.78 is 10.3. The minimum absolute atomic E-state index is 0.0765. The lowest BCUT2D eigenvalue weighted by atomic mass is 10.1. The molecular weight excluding hydrogens is 296 g/mol. The summed E-state index contributed by atoms with van der Waals surface area (Å²) in [4.78, 5) is 18.3. The molecule has 1 aromatic heterocycles. The first-order valence-electron chi connectivity index (χ1n) is 7.68. The predicted molar refractivity (Wildman–Crippen MR) is 83.9 cm³/mol. The number of likely N-dealkylation sites (tertiary alicyclic amines) is 1. The van der Waals surface area contributed by atoms with Gasteiger partial charge < -0.3 is 19.5 Å². The van der Waals surface area contributed by atoms with Crippen LogP contribution in [0.4, 0.5) is 4.79 Å². The van der Waals surface area contributed by atoms with Gasteiger partial charge in [-0.25, -0.2) is 4.79 Å². The molecule has 1 aromatic carbocycles. The van der Waals surface area contributed by atoms with Crippen LogP contribution in [0.25, 0.3) is 11.4 Å². The van der Waals surface area contributed by atoms with Crippen LogP contribution in [-0.4, -0.2) is 54.4 Å². The van der Waals surface area contributed by atoms with Crippen molar-refractivity contribution in [3.63, 3.8) is 0 Å². The van der Waals surface area contributed by atoms with Gasteiger partial charge in [0.25, 0.3) is 0 Å². The zero-order valence-electron chi connectivity index (χ0n) is 13.1. The van der Waals surface area contributed by atoms with Crippen LogP contribution in [-0.2, 0) is 4.74 Å². The summed E-state index contributed by atoms with van der Waals surface area (Å²) in [7, 11) is 1.61. The van der Waals surface area contributed by atoms with Gasteiger partial charge in [-0.1, -0.05) is 35.5 Å². The van der Waals surface area contributed by atoms with Crippen molar-refractivity contribution in [1.82, 2.24) is 20.4 Å². The van der Waals surface area contributed by atoms with E-state index in [0.717, 1.165) is 12.0 Å². The van der Waals surface area contributed by atoms with Crippen molar-refractivity contribution in [2.75, 3.05) is 33.4 Å². The summed E-state index contributed by atoms with van der Waals surface area (Å²) in [5.74, 6) is 1.27. The van der Waals surface area contributed by atoms with Crippen molar-refractivity contribution in [2.45, 2.75) is 12.3 Å². The molecule has 1 N–H and O–H groups in total. The lowest BCUT2D eigenvalue weighted by Gasteiger charge is -2.16. The van der Waals surface area contributed by atoms with Gasteiger partial charge in [0.15, 0.2) is 0 Å². The molecule has 122 valence electrons. The first-order valence-corrected chi connectivity index (χ1v) is 7.68. The minimum atomic E-state index is -0.0765. The summed E-state index contributed by atoms with van der Waals surface area (Å²) in [5, 5.41) is 6.86. The van der Waals surface area contributed by atoms with Crippen LogP contribution in [0.3, 0.4) is 0 Å². The third-order valence-corrected chi connectivity index (χ3v) is 3.88. The van der Waals surface area contributed by atoms with Gasteiger partial charge >= 0.3 is 6.03 Å². The fraction of sp³-hybridized carbons (Fsp3) is 0.438. The second-order valence-corrected chi connectivity index (χ2v) is 5.48. The Kier molecular flexibility index (Phi) is 4.87. The molecule has 3 rings (SSSR count). The highest BCUT2D eigenvalue weighted by molar-refractivity contribution is 5.74. The predicted octanol–water partition coefficient (Wildman–Crippen LogP) is 1.88. The van der Waals surface area contributed by atoms with Crippen molar-refractivity contribution in [3.05, 3.63) is 36.2 Å². The van der Waals surface area contributed by atoms with Crippen LogP contribution in [0.2, 0.25) is 0 Å². The maximum absolute atomic E-state index is 12.0. The summed E-state index contributed by atoms with van der Waals surface area (Å²) in [6.07, 6.45) is 0.828. The summed E-state index contributed by atoms with van der Waals surface area (Å²) >= 11 is 0. The number of carbonyl (C=O) groups is 1. The molecule has 1 saturated heterocycles. The van der Waals surface area contributed by atoms with E-state index in [0.29, 0.717) is 38.0 Å². The van der Waals surface area contributed by atoms with E-state index in [1.54, 1.807) is 12.0 Å². The van der Waals surface area contributed by atoms with E-state index in [-0.39, 0.29) is 11.9 Å². The van der Waals surface area contributed by atoms with Crippen molar-refractivity contribution >= 4 is 6.03 Å². The highest BCUT2D eigenvalue weighted by atomic mass is 16.5. The lowest BCUT2D eigenvalue weighted by Crippen LogP contribution is -2.39. The number of benzene rings is 1. The molecule has 0 saturated carbocycles. The number of aromatic nitrogens is 2. The molecule has 1 aliphatic rings. The Labute approximate surface area is 134 Å². The van der Waals surface area contributed by atoms with Crippen molar-refractivity contribution in [3.8, 4) is 11.4 Å². The Bertz CT molecular complexity index is 644. The molecule has 0 radical (unpaired) electrons. The number of methoxy groups -OCH3 is 1. The monoisotopic (exact) mass is 316 g/mol. The molecule has 2 aromatic rings. The number of urea groups is 1. The number of nitrogens with one attached hydrogen (secondary N) is 1. The third-order valence-electron chi connectivity index (χ3n) is 3.88. The summed E-state index contributed by atoms with van der Waals surface area (Å²) in [6.45, 7) is 2.30. The number of hydrogen-bond acceptors (Lipinski definition) is 5. The van der Waals surface area contributed by atoms with Crippen molar-refractivity contribution in [2.24, 2.45) is 0 Å². The average molecular weight is 316 g/mol. The molecule has 0 aliphatic carbocycles. The normalized spacial score (nSPS) is 17.4. The van der Waals surface area contributed by atoms with Gasteiger partial charge in [0.1, 0.15) is 0 Å². The quantitative estimate of drug-likeness (QED) is 0.852. The zero-order valence-corrected chi connectivity index (χ0v) is 13.1. The first kappa shape index (κ1) is 15.5. The van der Waals surface area contributed by atoms with Gasteiger partial charge in [0, 0.05) is 32.3 Å². The standard InChI is InChI=1S/C16H20N4O3/c1-22-10-8-17-16(21)20-9-7-13(11-20)15-18-14(19-23-15)12-5-3-2-4-6-12/h2-6,13H,7-11H2,1H3,(H,17,21)/t13-/m0/s1. The van der Waals surface area contributed by atoms with E-state index in [4.69, 9.17) is 9.26 Å². The molecule has 0 unspecified atom stereocenters. The molecule has 23 heavy (non-hydrogen) atoms. The van der Waals surface area contributed by atoms with Gasteiger partial charge in [-0.2, -0.15) is 4.98 Å². The van der Waals surface area contributed by atoms with Crippen molar-refractivity contribution < 1.29 is 14.1 Å². The Morgan fingerprint density at radius 3 is 3.04 bits per heavy atom. The highest BCUT2D eigenvalue weighted by Crippen LogP contribution is 2.27. The molecule has 7 heteroatoms. The van der Waals surface area contributed by atoms with E-state index in [1.807, 2.05) is 30.3 Å². The Morgan fingerprint density at radius 2 is 2.26 bits per heavy atom. The Hall–Kier alpha value is -2.41. The van der Waals surface area contributed by atoms with Crippen LogP contribution in [0, 0.1) is 0 Å². The van der Waals surface area contributed by atoms with Gasteiger partial charge in [0.2, 0.25) is 11.7 Å². The van der Waals surface area contributed by atoms with Crippen molar-refractivity contribution in [1.29, 1.82) is 0 Å². The number of ether oxygens (including phenoxy) is 1. The van der Waals surface area contributed by atoms with E-state index in [2.05, 4.69) is 15.5 Å². The molecule has 0 bridgehead atoms. The molecule has 1 fully saturated rings. The maximum Gasteiger partial charge on any atom is 0.317 e. The maximum atomic E-state index is 12.0. The number of rotatable bonds is 5. The molecule has 2 heterocycles. The van der Waals surface area contributed by atoms with E-state index in [9.17, 15) is 4.79 Å². The fourth-order valence-corrected chi connectivity index (χ4v) is 2.62. The number of carbonyl (C=O) groups excluding carboxylic acids is 1. The second kappa shape index (κ2) is 7.23. The van der Waals surface area contributed by atoms with Crippen LogP contribution in [0.5, 0.6) is 0 Å². The zero-order chi connectivity index (χ0) is 16.1. The topological polar surface area (TPSA) is 80.5 Å². The number of nitrogens with zero attached hydrogens (tertiary/aromatic N) is 3. The highest BCUT2D eigenvalue weighted by Gasteiger charge is 2.31. The molecule has 0 spiro atoms. The smallest absolute Gasteiger partial charge is 0.317 e. The van der Waals surface area contributed by atoms with Crippen LogP contribution >= 0.6 is 0 Å². The van der Waals surface area contributed by atoms with Gasteiger partial charge in [-0.15, -0.1) is 0 Å². The second-order valence-electron chi connectivity index (χ2n) is 5.48. The molecule has 2 amide bonds. The van der Waals surface area contributed by atoms with Crippen LogP contribution in [0.15, 0.2) is 34.9 Å². The lowest BCUT2D eigenvalue weighted by molar-refractivity contribution is 0.184. The number of hydrogen-bond donors (Lipinski definition) is 1. The average Bonchev–Trinajstić information content (AvgIpc) is 3.25. The third kappa shape index (κ3) is 3.68. The van der Waals surface area contributed by atoms with E-state index < -0.39 is 0 Å². The van der Waals surface area contributed by atoms with E-state index in [1.165, 1.54) is 0 Å². The molecule has 1 atom stereocenters. The van der Waals surface area contributed by atoms with Crippen LogP contribution < -0.4 is 5.32 Å². The molecule has 7 nitrogen and oxygen atoms in total. The fourth-order valence-electron chi connectivity index (χ4n) is 2.62. The largest absolute Gasteiger partial charge is 0.383 e. The first-order chi connectivity index (χ1) is 11.3. The Balaban J connectivity index is 1.59. The van der Waals surface area contributed by atoms with Crippen LogP contribution in [0.1, 0.15) is 18.2 Å². The van der Waals surface area contributed by atoms with E-state index >= 15 is 0 Å².